The second-order valence-electron chi connectivity index (χ2n) is 4.04. The van der Waals surface area contributed by atoms with Crippen LogP contribution in [0.2, 0.25) is 0 Å². The third kappa shape index (κ3) is 3.79. The van der Waals surface area contributed by atoms with Crippen LogP contribution >= 0.6 is 11.8 Å². The van der Waals surface area contributed by atoms with Crippen LogP contribution in [0.3, 0.4) is 0 Å². The number of thioether (sulfide) groups is 1. The number of carboxylic acids is 1. The summed E-state index contributed by atoms with van der Waals surface area (Å²) in [4.78, 5) is 10.7. The highest BCUT2D eigenvalue weighted by atomic mass is 32.2. The lowest BCUT2D eigenvalue weighted by molar-refractivity contribution is 0.0697. The normalized spacial score (nSPS) is 10.4. The number of carboxylic acid groups (broad SMARTS) is 1. The van der Waals surface area contributed by atoms with Gasteiger partial charge in [-0.1, -0.05) is 0 Å². The molecule has 2 rings (SSSR count). The minimum atomic E-state index is -0.917. The van der Waals surface area contributed by atoms with Gasteiger partial charge in [-0.25, -0.2) is 4.79 Å². The molecule has 1 heterocycles. The topological polar surface area (TPSA) is 62.5 Å². The average molecular weight is 277 g/mol. The van der Waals surface area contributed by atoms with Crippen molar-refractivity contribution in [3.8, 4) is 0 Å². The van der Waals surface area contributed by atoms with Gasteiger partial charge in [-0.05, 0) is 42.7 Å². The molecule has 0 atom stereocenters. The SMILES string of the molecule is CSCc1ccc(CNc2ccc(C(=O)O)cc2)o1. The van der Waals surface area contributed by atoms with E-state index in [4.69, 9.17) is 9.52 Å². The molecule has 0 saturated carbocycles. The summed E-state index contributed by atoms with van der Waals surface area (Å²) in [5.41, 5.74) is 1.15. The molecule has 0 radical (unpaired) electrons. The van der Waals surface area contributed by atoms with E-state index >= 15 is 0 Å². The van der Waals surface area contributed by atoms with Crippen LogP contribution in [0, 0.1) is 0 Å². The van der Waals surface area contributed by atoms with E-state index < -0.39 is 5.97 Å². The second kappa shape index (κ2) is 6.33. The van der Waals surface area contributed by atoms with Gasteiger partial charge in [0.2, 0.25) is 0 Å². The third-order valence-corrected chi connectivity index (χ3v) is 3.18. The number of carbonyl (C=O) groups is 1. The molecule has 1 aromatic carbocycles. The van der Waals surface area contributed by atoms with Crippen molar-refractivity contribution in [2.75, 3.05) is 11.6 Å². The molecule has 0 amide bonds. The lowest BCUT2D eigenvalue weighted by Crippen LogP contribution is -2.00. The minimum absolute atomic E-state index is 0.283. The van der Waals surface area contributed by atoms with E-state index in [1.165, 1.54) is 0 Å². The van der Waals surface area contributed by atoms with E-state index in [1.807, 2.05) is 18.4 Å². The monoisotopic (exact) mass is 277 g/mol. The van der Waals surface area contributed by atoms with Crippen LogP contribution in [0.25, 0.3) is 0 Å². The molecule has 0 unspecified atom stereocenters. The molecule has 0 fully saturated rings. The Morgan fingerprint density at radius 2 is 1.89 bits per heavy atom. The molecule has 0 spiro atoms. The Balaban J connectivity index is 1.92. The van der Waals surface area contributed by atoms with Crippen molar-refractivity contribution in [1.29, 1.82) is 0 Å². The molecule has 0 bridgehead atoms. The number of hydrogen-bond donors (Lipinski definition) is 2. The zero-order valence-corrected chi connectivity index (χ0v) is 11.4. The number of furan rings is 1. The Bertz CT molecular complexity index is 548. The number of aromatic carboxylic acids is 1. The summed E-state index contributed by atoms with van der Waals surface area (Å²) in [6.45, 7) is 0.584. The van der Waals surface area contributed by atoms with Crippen LogP contribution < -0.4 is 5.32 Å². The maximum absolute atomic E-state index is 10.7. The largest absolute Gasteiger partial charge is 0.478 e. The van der Waals surface area contributed by atoms with Gasteiger partial charge in [-0.3, -0.25) is 0 Å². The Morgan fingerprint density at radius 3 is 2.53 bits per heavy atom. The summed E-state index contributed by atoms with van der Waals surface area (Å²) < 4.78 is 5.63. The van der Waals surface area contributed by atoms with Gasteiger partial charge < -0.3 is 14.8 Å². The van der Waals surface area contributed by atoms with Gasteiger partial charge in [-0.15, -0.1) is 0 Å². The van der Waals surface area contributed by atoms with Gasteiger partial charge in [0.15, 0.2) is 0 Å². The van der Waals surface area contributed by atoms with Gasteiger partial charge in [0, 0.05) is 5.69 Å². The fraction of sp³-hybridized carbons (Fsp3) is 0.214. The summed E-state index contributed by atoms with van der Waals surface area (Å²) in [5, 5.41) is 12.0. The Kier molecular flexibility index (Phi) is 4.52. The summed E-state index contributed by atoms with van der Waals surface area (Å²) in [6.07, 6.45) is 2.03. The lowest BCUT2D eigenvalue weighted by atomic mass is 10.2. The van der Waals surface area contributed by atoms with Crippen LogP contribution in [-0.4, -0.2) is 17.3 Å². The molecule has 4 nitrogen and oxygen atoms in total. The van der Waals surface area contributed by atoms with Gasteiger partial charge in [-0.2, -0.15) is 11.8 Å². The molecule has 19 heavy (non-hydrogen) atoms. The molecule has 1 aromatic heterocycles. The van der Waals surface area contributed by atoms with Gasteiger partial charge in [0.1, 0.15) is 11.5 Å². The number of anilines is 1. The van der Waals surface area contributed by atoms with E-state index in [9.17, 15) is 4.79 Å². The average Bonchev–Trinajstić information content (AvgIpc) is 2.85. The first-order chi connectivity index (χ1) is 9.19. The summed E-state index contributed by atoms with van der Waals surface area (Å²) in [5.74, 6) is 1.78. The van der Waals surface area contributed by atoms with Crippen molar-refractivity contribution in [3.63, 3.8) is 0 Å². The first-order valence-corrected chi connectivity index (χ1v) is 7.22. The number of hydrogen-bond acceptors (Lipinski definition) is 4. The molecular formula is C14H15NO3S. The number of nitrogens with one attached hydrogen (secondary N) is 1. The maximum atomic E-state index is 10.7. The number of benzene rings is 1. The Labute approximate surface area is 115 Å². The van der Waals surface area contributed by atoms with Crippen LogP contribution in [0.1, 0.15) is 21.9 Å². The zero-order valence-electron chi connectivity index (χ0n) is 10.6. The lowest BCUT2D eigenvalue weighted by Gasteiger charge is -2.04. The molecule has 2 aromatic rings. The van der Waals surface area contributed by atoms with Crippen LogP contribution in [0.5, 0.6) is 0 Å². The summed E-state index contributed by atoms with van der Waals surface area (Å²) in [6, 6.07) is 10.6. The highest BCUT2D eigenvalue weighted by Gasteiger charge is 2.03. The van der Waals surface area contributed by atoms with Crippen molar-refractivity contribution < 1.29 is 14.3 Å². The van der Waals surface area contributed by atoms with Crippen molar-refractivity contribution in [1.82, 2.24) is 0 Å². The second-order valence-corrected chi connectivity index (χ2v) is 4.90. The van der Waals surface area contributed by atoms with Gasteiger partial charge in [0.05, 0.1) is 17.9 Å². The van der Waals surface area contributed by atoms with Crippen LogP contribution in [-0.2, 0) is 12.3 Å². The molecule has 0 aliphatic rings. The van der Waals surface area contributed by atoms with Crippen molar-refractivity contribution in [2.45, 2.75) is 12.3 Å². The Hall–Kier alpha value is -1.88. The summed E-state index contributed by atoms with van der Waals surface area (Å²) >= 11 is 1.72. The van der Waals surface area contributed by atoms with Crippen molar-refractivity contribution >= 4 is 23.4 Å². The minimum Gasteiger partial charge on any atom is -0.478 e. The fourth-order valence-corrected chi connectivity index (χ4v) is 2.10. The highest BCUT2D eigenvalue weighted by Crippen LogP contribution is 2.15. The number of rotatable bonds is 6. The third-order valence-electron chi connectivity index (χ3n) is 2.60. The van der Waals surface area contributed by atoms with Crippen LogP contribution in [0.15, 0.2) is 40.8 Å². The predicted molar refractivity (Wildman–Crippen MR) is 76.7 cm³/mol. The first kappa shape index (κ1) is 13.5. The zero-order chi connectivity index (χ0) is 13.7. The molecule has 100 valence electrons. The fourth-order valence-electron chi connectivity index (χ4n) is 1.66. The Morgan fingerprint density at radius 1 is 1.21 bits per heavy atom. The van der Waals surface area contributed by atoms with E-state index in [2.05, 4.69) is 5.32 Å². The van der Waals surface area contributed by atoms with E-state index in [0.717, 1.165) is 23.0 Å². The predicted octanol–water partition coefficient (Wildman–Crippen LogP) is 3.45. The molecule has 5 heteroatoms. The maximum Gasteiger partial charge on any atom is 0.335 e. The first-order valence-electron chi connectivity index (χ1n) is 5.83. The van der Waals surface area contributed by atoms with Gasteiger partial charge >= 0.3 is 5.97 Å². The molecule has 2 N–H and O–H groups in total. The smallest absolute Gasteiger partial charge is 0.335 e. The van der Waals surface area contributed by atoms with Gasteiger partial charge in [0.25, 0.3) is 0 Å². The van der Waals surface area contributed by atoms with E-state index in [0.29, 0.717) is 6.54 Å². The summed E-state index contributed by atoms with van der Waals surface area (Å²) in [7, 11) is 0. The molecule has 0 aliphatic carbocycles. The van der Waals surface area contributed by atoms with E-state index in [1.54, 1.807) is 36.0 Å². The quantitative estimate of drug-likeness (QED) is 0.846. The van der Waals surface area contributed by atoms with Crippen molar-refractivity contribution in [3.05, 3.63) is 53.5 Å². The highest BCUT2D eigenvalue weighted by molar-refractivity contribution is 7.97. The van der Waals surface area contributed by atoms with E-state index in [-0.39, 0.29) is 5.56 Å². The molecule has 0 aliphatic heterocycles. The van der Waals surface area contributed by atoms with Crippen molar-refractivity contribution in [2.24, 2.45) is 0 Å². The van der Waals surface area contributed by atoms with Crippen LogP contribution in [0.4, 0.5) is 5.69 Å². The molecular weight excluding hydrogens is 262 g/mol. The standard InChI is InChI=1S/C14H15NO3S/c1-19-9-13-7-6-12(18-13)8-15-11-4-2-10(3-5-11)14(16)17/h2-7,15H,8-9H2,1H3,(H,16,17). The molecule has 0 saturated heterocycles.